The molecule has 0 amide bonds. The Bertz CT molecular complexity index is 570. The van der Waals surface area contributed by atoms with Crippen LogP contribution in [0.2, 0.25) is 0 Å². The lowest BCUT2D eigenvalue weighted by Crippen LogP contribution is -2.35. The Morgan fingerprint density at radius 1 is 1.19 bits per heavy atom. The Kier molecular flexibility index (Phi) is 4.84. The van der Waals surface area contributed by atoms with E-state index in [0.717, 1.165) is 25.7 Å². The van der Waals surface area contributed by atoms with Crippen molar-refractivity contribution < 1.29 is 0 Å². The van der Waals surface area contributed by atoms with Crippen molar-refractivity contribution >= 4 is 10.8 Å². The molecule has 0 saturated heterocycles. The van der Waals surface area contributed by atoms with E-state index >= 15 is 0 Å². The zero-order valence-electron chi connectivity index (χ0n) is 12.9. The van der Waals surface area contributed by atoms with Crippen molar-refractivity contribution in [3.8, 4) is 0 Å². The third-order valence-electron chi connectivity index (χ3n) is 4.66. The summed E-state index contributed by atoms with van der Waals surface area (Å²) < 4.78 is 0. The number of likely N-dealkylation sites (N-methyl/N-ethyl adjacent to an activating group) is 1. The van der Waals surface area contributed by atoms with Gasteiger partial charge in [-0.3, -0.25) is 4.98 Å². The Balaban J connectivity index is 1.50. The SMILES string of the molecule is CN(CCNCc1cncc2ccccc12)C1CCCC1. The van der Waals surface area contributed by atoms with Crippen LogP contribution in [0.4, 0.5) is 0 Å². The lowest BCUT2D eigenvalue weighted by atomic mass is 10.1. The monoisotopic (exact) mass is 283 g/mol. The maximum Gasteiger partial charge on any atom is 0.0346 e. The van der Waals surface area contributed by atoms with Crippen LogP contribution in [0.3, 0.4) is 0 Å². The highest BCUT2D eigenvalue weighted by atomic mass is 15.1. The predicted octanol–water partition coefficient (Wildman–Crippen LogP) is 3.20. The Labute approximate surface area is 127 Å². The van der Waals surface area contributed by atoms with Gasteiger partial charge in [-0.25, -0.2) is 0 Å². The fourth-order valence-electron chi connectivity index (χ4n) is 3.33. The highest BCUT2D eigenvalue weighted by Gasteiger charge is 2.18. The Morgan fingerprint density at radius 2 is 2.00 bits per heavy atom. The molecule has 0 unspecified atom stereocenters. The van der Waals surface area contributed by atoms with Crippen LogP contribution in [0.25, 0.3) is 10.8 Å². The minimum absolute atomic E-state index is 0.811. The molecule has 0 spiro atoms. The smallest absolute Gasteiger partial charge is 0.0346 e. The number of fused-ring (bicyclic) bond motifs is 1. The quantitative estimate of drug-likeness (QED) is 0.825. The first-order valence-corrected chi connectivity index (χ1v) is 8.07. The summed E-state index contributed by atoms with van der Waals surface area (Å²) in [4.78, 5) is 6.85. The molecule has 3 nitrogen and oxygen atoms in total. The molecule has 1 aliphatic rings. The molecule has 3 rings (SSSR count). The number of nitrogens with zero attached hydrogens (tertiary/aromatic N) is 2. The average molecular weight is 283 g/mol. The molecule has 1 fully saturated rings. The van der Waals surface area contributed by atoms with Crippen molar-refractivity contribution in [1.82, 2.24) is 15.2 Å². The minimum Gasteiger partial charge on any atom is -0.311 e. The number of nitrogens with one attached hydrogen (secondary N) is 1. The van der Waals surface area contributed by atoms with E-state index in [-0.39, 0.29) is 0 Å². The average Bonchev–Trinajstić information content (AvgIpc) is 3.06. The first kappa shape index (κ1) is 14.5. The summed E-state index contributed by atoms with van der Waals surface area (Å²) in [7, 11) is 2.26. The summed E-state index contributed by atoms with van der Waals surface area (Å²) in [5.74, 6) is 0. The van der Waals surface area contributed by atoms with Gasteiger partial charge < -0.3 is 10.2 Å². The van der Waals surface area contributed by atoms with Gasteiger partial charge in [-0.15, -0.1) is 0 Å². The van der Waals surface area contributed by atoms with Gasteiger partial charge in [0.1, 0.15) is 0 Å². The van der Waals surface area contributed by atoms with Crippen molar-refractivity contribution in [1.29, 1.82) is 0 Å². The number of hydrogen-bond donors (Lipinski definition) is 1. The molecule has 1 saturated carbocycles. The van der Waals surface area contributed by atoms with E-state index in [1.165, 1.54) is 42.0 Å². The summed E-state index contributed by atoms with van der Waals surface area (Å²) in [6, 6.07) is 9.28. The third kappa shape index (κ3) is 3.60. The van der Waals surface area contributed by atoms with Crippen LogP contribution in [0, 0.1) is 0 Å². The molecule has 0 bridgehead atoms. The maximum atomic E-state index is 4.34. The van der Waals surface area contributed by atoms with Crippen LogP contribution >= 0.6 is 0 Å². The summed E-state index contributed by atoms with van der Waals surface area (Å²) >= 11 is 0. The maximum absolute atomic E-state index is 4.34. The van der Waals surface area contributed by atoms with Gasteiger partial charge in [-0.1, -0.05) is 37.1 Å². The largest absolute Gasteiger partial charge is 0.311 e. The topological polar surface area (TPSA) is 28.2 Å². The number of aromatic nitrogens is 1. The molecule has 1 heterocycles. The normalized spacial score (nSPS) is 16.1. The van der Waals surface area contributed by atoms with Crippen molar-refractivity contribution in [2.75, 3.05) is 20.1 Å². The Hall–Kier alpha value is -1.45. The van der Waals surface area contributed by atoms with Gasteiger partial charge in [0, 0.05) is 43.5 Å². The van der Waals surface area contributed by atoms with Crippen LogP contribution in [0.15, 0.2) is 36.7 Å². The third-order valence-corrected chi connectivity index (χ3v) is 4.66. The zero-order chi connectivity index (χ0) is 14.5. The second-order valence-electron chi connectivity index (χ2n) is 6.12. The molecule has 2 aromatic rings. The van der Waals surface area contributed by atoms with E-state index in [1.807, 2.05) is 12.4 Å². The van der Waals surface area contributed by atoms with Crippen molar-refractivity contribution in [2.45, 2.75) is 38.3 Å². The molecule has 0 aliphatic heterocycles. The molecular formula is C18H25N3. The van der Waals surface area contributed by atoms with Gasteiger partial charge in [0.05, 0.1) is 0 Å². The van der Waals surface area contributed by atoms with Crippen molar-refractivity contribution in [2.24, 2.45) is 0 Å². The molecule has 21 heavy (non-hydrogen) atoms. The molecule has 1 aromatic heterocycles. The van der Waals surface area contributed by atoms with E-state index in [9.17, 15) is 0 Å². The van der Waals surface area contributed by atoms with Crippen molar-refractivity contribution in [3.05, 3.63) is 42.2 Å². The highest BCUT2D eigenvalue weighted by Crippen LogP contribution is 2.22. The van der Waals surface area contributed by atoms with Gasteiger partial charge in [-0.05, 0) is 30.8 Å². The first-order valence-electron chi connectivity index (χ1n) is 8.07. The van der Waals surface area contributed by atoms with Crippen LogP contribution < -0.4 is 5.32 Å². The van der Waals surface area contributed by atoms with Gasteiger partial charge in [0.2, 0.25) is 0 Å². The standard InChI is InChI=1S/C18H25N3/c1-21(17-7-3-4-8-17)11-10-19-13-16-14-20-12-15-6-2-5-9-18(15)16/h2,5-6,9,12,14,17,19H,3-4,7-8,10-11,13H2,1H3. The van der Waals surface area contributed by atoms with Gasteiger partial charge in [-0.2, -0.15) is 0 Å². The molecule has 1 N–H and O–H groups in total. The summed E-state index contributed by atoms with van der Waals surface area (Å²) in [6.07, 6.45) is 9.49. The van der Waals surface area contributed by atoms with Crippen LogP contribution in [0.5, 0.6) is 0 Å². The lowest BCUT2D eigenvalue weighted by molar-refractivity contribution is 0.245. The molecule has 1 aliphatic carbocycles. The predicted molar refractivity (Wildman–Crippen MR) is 88.3 cm³/mol. The summed E-state index contributed by atoms with van der Waals surface area (Å²) in [5.41, 5.74) is 1.29. The molecular weight excluding hydrogens is 258 g/mol. The van der Waals surface area contributed by atoms with Gasteiger partial charge in [0.15, 0.2) is 0 Å². The highest BCUT2D eigenvalue weighted by molar-refractivity contribution is 5.84. The molecule has 0 radical (unpaired) electrons. The van der Waals surface area contributed by atoms with Crippen LogP contribution in [0.1, 0.15) is 31.2 Å². The molecule has 1 aromatic carbocycles. The molecule has 112 valence electrons. The fraction of sp³-hybridized carbons (Fsp3) is 0.500. The second kappa shape index (κ2) is 7.01. The van der Waals surface area contributed by atoms with Crippen LogP contribution in [-0.2, 0) is 6.54 Å². The number of rotatable bonds is 6. The van der Waals surface area contributed by atoms with Crippen LogP contribution in [-0.4, -0.2) is 36.1 Å². The molecule has 3 heteroatoms. The number of pyridine rings is 1. The molecule has 0 atom stereocenters. The van der Waals surface area contributed by atoms with E-state index in [2.05, 4.69) is 46.5 Å². The zero-order valence-corrected chi connectivity index (χ0v) is 12.9. The second-order valence-corrected chi connectivity index (χ2v) is 6.12. The van der Waals surface area contributed by atoms with E-state index in [1.54, 1.807) is 0 Å². The fourth-order valence-corrected chi connectivity index (χ4v) is 3.33. The Morgan fingerprint density at radius 3 is 2.86 bits per heavy atom. The summed E-state index contributed by atoms with van der Waals surface area (Å²) in [6.45, 7) is 3.06. The lowest BCUT2D eigenvalue weighted by Gasteiger charge is -2.24. The number of benzene rings is 1. The van der Waals surface area contributed by atoms with E-state index in [4.69, 9.17) is 0 Å². The van der Waals surface area contributed by atoms with E-state index < -0.39 is 0 Å². The first-order chi connectivity index (χ1) is 10.3. The van der Waals surface area contributed by atoms with Gasteiger partial charge in [0.25, 0.3) is 0 Å². The summed E-state index contributed by atoms with van der Waals surface area (Å²) in [5, 5.41) is 6.10. The van der Waals surface area contributed by atoms with Gasteiger partial charge >= 0.3 is 0 Å². The number of hydrogen-bond acceptors (Lipinski definition) is 3. The minimum atomic E-state index is 0.811. The van der Waals surface area contributed by atoms with Crippen molar-refractivity contribution in [3.63, 3.8) is 0 Å². The van der Waals surface area contributed by atoms with E-state index in [0.29, 0.717) is 0 Å².